The molecule has 2 heterocycles. The van der Waals surface area contributed by atoms with E-state index in [1.807, 2.05) is 18.2 Å². The van der Waals surface area contributed by atoms with Gasteiger partial charge in [-0.3, -0.25) is 4.99 Å². The Morgan fingerprint density at radius 1 is 1.00 bits per heavy atom. The van der Waals surface area contributed by atoms with Crippen LogP contribution in [0.5, 0.6) is 0 Å². The summed E-state index contributed by atoms with van der Waals surface area (Å²) in [5.41, 5.74) is 3.40. The molecule has 0 spiro atoms. The van der Waals surface area contributed by atoms with Crippen LogP contribution >= 0.6 is 11.3 Å². The van der Waals surface area contributed by atoms with E-state index in [2.05, 4.69) is 52.9 Å². The molecule has 0 unspecified atom stereocenters. The molecule has 0 amide bonds. The van der Waals surface area contributed by atoms with Crippen molar-refractivity contribution >= 4 is 28.8 Å². The Morgan fingerprint density at radius 2 is 1.89 bits per heavy atom. The van der Waals surface area contributed by atoms with Gasteiger partial charge in [0.2, 0.25) is 0 Å². The normalized spacial score (nSPS) is 14.9. The highest BCUT2D eigenvalue weighted by atomic mass is 32.1. The molecule has 0 bridgehead atoms. The minimum atomic E-state index is 0.923. The summed E-state index contributed by atoms with van der Waals surface area (Å²) in [7, 11) is 0. The van der Waals surface area contributed by atoms with E-state index in [4.69, 9.17) is 0 Å². The van der Waals surface area contributed by atoms with Crippen LogP contribution in [-0.2, 0) is 0 Å². The molecule has 1 aromatic heterocycles. The molecule has 88 valence electrons. The van der Waals surface area contributed by atoms with Gasteiger partial charge in [0.15, 0.2) is 0 Å². The smallest absolute Gasteiger partial charge is 0.0669 e. The van der Waals surface area contributed by atoms with Crippen LogP contribution in [0, 0.1) is 0 Å². The maximum absolute atomic E-state index is 4.65. The molecule has 0 fully saturated rings. The molecule has 2 aromatic rings. The lowest BCUT2D eigenvalue weighted by atomic mass is 10.1. The van der Waals surface area contributed by atoms with E-state index in [-0.39, 0.29) is 0 Å². The van der Waals surface area contributed by atoms with Crippen LogP contribution in [0.25, 0.3) is 11.8 Å². The second kappa shape index (κ2) is 5.15. The van der Waals surface area contributed by atoms with Crippen LogP contribution in [0.4, 0.5) is 0 Å². The number of allylic oxidation sites excluding steroid dienone is 2. The first-order chi connectivity index (χ1) is 8.92. The van der Waals surface area contributed by atoms with E-state index >= 15 is 0 Å². The second-order valence-corrected chi connectivity index (χ2v) is 5.09. The second-order valence-electron chi connectivity index (χ2n) is 4.11. The molecular weight excluding hydrogens is 238 g/mol. The lowest BCUT2D eigenvalue weighted by molar-refractivity contribution is 1.53. The van der Waals surface area contributed by atoms with Gasteiger partial charge in [-0.2, -0.15) is 0 Å². The van der Waals surface area contributed by atoms with E-state index < -0.39 is 0 Å². The van der Waals surface area contributed by atoms with Crippen LogP contribution in [-0.4, -0.2) is 5.71 Å². The van der Waals surface area contributed by atoms with Gasteiger partial charge >= 0.3 is 0 Å². The van der Waals surface area contributed by atoms with E-state index in [0.29, 0.717) is 0 Å². The van der Waals surface area contributed by atoms with Crippen molar-refractivity contribution in [3.05, 3.63) is 70.4 Å². The largest absolute Gasteiger partial charge is 0.253 e. The van der Waals surface area contributed by atoms with Gasteiger partial charge in [0.1, 0.15) is 0 Å². The average Bonchev–Trinajstić information content (AvgIpc) is 3.09. The zero-order valence-electron chi connectivity index (χ0n) is 9.91. The SMILES string of the molecule is C1=C(c2ccccc2)N=C(/C=C/c2cccs2)C1. The van der Waals surface area contributed by atoms with Gasteiger partial charge in [0.25, 0.3) is 0 Å². The Labute approximate surface area is 111 Å². The van der Waals surface area contributed by atoms with Crippen molar-refractivity contribution in [1.29, 1.82) is 0 Å². The van der Waals surface area contributed by atoms with Crippen LogP contribution in [0.3, 0.4) is 0 Å². The number of hydrogen-bond donors (Lipinski definition) is 0. The lowest BCUT2D eigenvalue weighted by Gasteiger charge is -1.96. The molecule has 1 nitrogen and oxygen atoms in total. The molecule has 1 aliphatic heterocycles. The van der Waals surface area contributed by atoms with Gasteiger partial charge in [-0.15, -0.1) is 11.3 Å². The maximum atomic E-state index is 4.65. The minimum Gasteiger partial charge on any atom is -0.253 e. The summed E-state index contributed by atoms with van der Waals surface area (Å²) in [5, 5.41) is 2.09. The fraction of sp³-hybridized carbons (Fsp3) is 0.0625. The van der Waals surface area contributed by atoms with Gasteiger partial charge in [-0.25, -0.2) is 0 Å². The predicted octanol–water partition coefficient (Wildman–Crippen LogP) is 4.65. The number of aliphatic imine (C=N–C) groups is 1. The zero-order chi connectivity index (χ0) is 12.2. The van der Waals surface area contributed by atoms with E-state index in [0.717, 1.165) is 17.8 Å². The maximum Gasteiger partial charge on any atom is 0.0669 e. The quantitative estimate of drug-likeness (QED) is 0.753. The molecule has 1 aromatic carbocycles. The highest BCUT2D eigenvalue weighted by Crippen LogP contribution is 2.22. The molecule has 18 heavy (non-hydrogen) atoms. The lowest BCUT2D eigenvalue weighted by Crippen LogP contribution is -1.84. The van der Waals surface area contributed by atoms with Crippen molar-refractivity contribution in [2.45, 2.75) is 6.42 Å². The fourth-order valence-electron chi connectivity index (χ4n) is 1.91. The molecule has 0 saturated carbocycles. The Kier molecular flexibility index (Phi) is 3.20. The predicted molar refractivity (Wildman–Crippen MR) is 79.8 cm³/mol. The molecule has 3 rings (SSSR count). The molecule has 1 aliphatic rings. The standard InChI is InChI=1S/C16H13NS/c1-2-5-13(6-3-1)16-11-9-14(17-16)8-10-15-7-4-12-18-15/h1-8,10-12H,9H2/b10-8+. The molecule has 0 N–H and O–H groups in total. The summed E-state index contributed by atoms with van der Waals surface area (Å²) < 4.78 is 0. The van der Waals surface area contributed by atoms with Gasteiger partial charge < -0.3 is 0 Å². The monoisotopic (exact) mass is 251 g/mol. The first kappa shape index (κ1) is 11.2. The van der Waals surface area contributed by atoms with Crippen molar-refractivity contribution < 1.29 is 0 Å². The zero-order valence-corrected chi connectivity index (χ0v) is 10.7. The third-order valence-corrected chi connectivity index (χ3v) is 3.66. The van der Waals surface area contributed by atoms with E-state index in [1.165, 1.54) is 10.4 Å². The van der Waals surface area contributed by atoms with Gasteiger partial charge in [0.05, 0.1) is 5.70 Å². The molecule has 0 saturated heterocycles. The summed E-state index contributed by atoms with van der Waals surface area (Å²) in [5.74, 6) is 0. The Morgan fingerprint density at radius 3 is 2.67 bits per heavy atom. The first-order valence-corrected chi connectivity index (χ1v) is 6.84. The summed E-state index contributed by atoms with van der Waals surface area (Å²) >= 11 is 1.74. The molecule has 0 aliphatic carbocycles. The minimum absolute atomic E-state index is 0.923. The van der Waals surface area contributed by atoms with Crippen molar-refractivity contribution in [3.8, 4) is 0 Å². The number of benzene rings is 1. The summed E-state index contributed by atoms with van der Waals surface area (Å²) in [6, 6.07) is 14.5. The topological polar surface area (TPSA) is 12.4 Å². The van der Waals surface area contributed by atoms with Crippen molar-refractivity contribution in [1.82, 2.24) is 0 Å². The molecular formula is C16H13NS. The van der Waals surface area contributed by atoms with Crippen molar-refractivity contribution in [3.63, 3.8) is 0 Å². The average molecular weight is 251 g/mol. The van der Waals surface area contributed by atoms with Crippen LogP contribution in [0.2, 0.25) is 0 Å². The number of nitrogens with zero attached hydrogens (tertiary/aromatic N) is 1. The molecule has 2 heteroatoms. The van der Waals surface area contributed by atoms with E-state index in [9.17, 15) is 0 Å². The molecule has 0 radical (unpaired) electrons. The third-order valence-electron chi connectivity index (χ3n) is 2.82. The summed E-state index contributed by atoms with van der Waals surface area (Å²) in [6.07, 6.45) is 7.35. The van der Waals surface area contributed by atoms with Crippen molar-refractivity contribution in [2.75, 3.05) is 0 Å². The van der Waals surface area contributed by atoms with E-state index in [1.54, 1.807) is 11.3 Å². The summed E-state index contributed by atoms with van der Waals surface area (Å²) in [6.45, 7) is 0. The fourth-order valence-corrected chi connectivity index (χ4v) is 2.53. The van der Waals surface area contributed by atoms with Gasteiger partial charge in [-0.1, -0.05) is 42.5 Å². The highest BCUT2D eigenvalue weighted by Gasteiger charge is 2.07. The number of rotatable bonds is 3. The highest BCUT2D eigenvalue weighted by molar-refractivity contribution is 7.10. The number of hydrogen-bond acceptors (Lipinski definition) is 2. The molecule has 0 atom stereocenters. The van der Waals surface area contributed by atoms with Crippen LogP contribution < -0.4 is 0 Å². The number of thiophene rings is 1. The van der Waals surface area contributed by atoms with Crippen molar-refractivity contribution in [2.24, 2.45) is 4.99 Å². The Bertz CT molecular complexity index is 604. The summed E-state index contributed by atoms with van der Waals surface area (Å²) in [4.78, 5) is 5.92. The third kappa shape index (κ3) is 2.49. The van der Waals surface area contributed by atoms with Gasteiger partial charge in [0, 0.05) is 17.0 Å². The van der Waals surface area contributed by atoms with Crippen LogP contribution in [0.1, 0.15) is 16.9 Å². The Balaban J connectivity index is 1.75. The Hall–Kier alpha value is -1.93. The van der Waals surface area contributed by atoms with Crippen LogP contribution in [0.15, 0.2) is 65.0 Å². The first-order valence-electron chi connectivity index (χ1n) is 5.96. The van der Waals surface area contributed by atoms with Gasteiger partial charge in [-0.05, 0) is 29.2 Å².